The van der Waals surface area contributed by atoms with E-state index in [4.69, 9.17) is 0 Å². The van der Waals surface area contributed by atoms with Crippen LogP contribution in [0.3, 0.4) is 0 Å². The van der Waals surface area contributed by atoms with E-state index in [2.05, 4.69) is 36.1 Å². The maximum absolute atomic E-state index is 14.2. The fourth-order valence-corrected chi connectivity index (χ4v) is 4.09. The molecule has 1 amide bonds. The zero-order valence-electron chi connectivity index (χ0n) is 17.9. The van der Waals surface area contributed by atoms with Crippen molar-refractivity contribution >= 4 is 5.91 Å². The zero-order chi connectivity index (χ0) is 21.3. The van der Waals surface area contributed by atoms with E-state index in [1.807, 2.05) is 0 Å². The first-order valence-corrected chi connectivity index (χ1v) is 10.1. The first-order chi connectivity index (χ1) is 13.6. The molecule has 1 unspecified atom stereocenters. The fraction of sp³-hybridized carbons (Fsp3) is 0.545. The Morgan fingerprint density at radius 3 is 2.69 bits per heavy atom. The van der Waals surface area contributed by atoms with Crippen molar-refractivity contribution in [2.24, 2.45) is 5.92 Å². The van der Waals surface area contributed by atoms with Crippen LogP contribution in [-0.2, 0) is 0 Å². The molecule has 1 aliphatic rings. The zero-order valence-corrected chi connectivity index (χ0v) is 17.9. The summed E-state index contributed by atoms with van der Waals surface area (Å²) >= 11 is 0. The van der Waals surface area contributed by atoms with Crippen LogP contribution in [0.5, 0.6) is 0 Å². The first kappa shape index (κ1) is 21.4. The molecule has 0 aliphatic carbocycles. The first-order valence-electron chi connectivity index (χ1n) is 10.1. The number of nitrogens with zero attached hydrogens (tertiary/aromatic N) is 3. The average Bonchev–Trinajstić information content (AvgIpc) is 2.94. The van der Waals surface area contributed by atoms with E-state index in [-0.39, 0.29) is 17.1 Å². The van der Waals surface area contributed by atoms with Crippen LogP contribution < -0.4 is 5.32 Å². The molecule has 1 aromatic heterocycles. The highest BCUT2D eigenvalue weighted by Crippen LogP contribution is 2.24. The minimum Gasteiger partial charge on any atom is -0.350 e. The summed E-state index contributed by atoms with van der Waals surface area (Å²) in [5, 5.41) is 7.35. The normalized spacial score (nSPS) is 18.1. The molecule has 1 atom stereocenters. The van der Waals surface area contributed by atoms with Crippen LogP contribution in [0.25, 0.3) is 5.69 Å². The quantitative estimate of drug-likeness (QED) is 0.819. The van der Waals surface area contributed by atoms with Crippen LogP contribution in [0.4, 0.5) is 8.78 Å². The molecule has 0 radical (unpaired) electrons. The minimum absolute atomic E-state index is 0.119. The third-order valence-corrected chi connectivity index (χ3v) is 5.85. The van der Waals surface area contributed by atoms with Crippen molar-refractivity contribution in [3.63, 3.8) is 0 Å². The molecule has 1 saturated heterocycles. The number of piperidine rings is 1. The van der Waals surface area contributed by atoms with E-state index in [0.717, 1.165) is 19.2 Å². The second-order valence-corrected chi connectivity index (χ2v) is 8.74. The predicted octanol–water partition coefficient (Wildman–Crippen LogP) is 4.01. The number of nitrogens with one attached hydrogen (secondary N) is 1. The third kappa shape index (κ3) is 4.50. The molecule has 2 heterocycles. The summed E-state index contributed by atoms with van der Waals surface area (Å²) in [6, 6.07) is 3.32. The summed E-state index contributed by atoms with van der Waals surface area (Å²) in [6.45, 7) is 12.6. The smallest absolute Gasteiger partial charge is 0.255 e. The van der Waals surface area contributed by atoms with E-state index >= 15 is 0 Å². The van der Waals surface area contributed by atoms with Crippen LogP contribution in [0.2, 0.25) is 0 Å². The van der Waals surface area contributed by atoms with Gasteiger partial charge in [0, 0.05) is 24.7 Å². The van der Waals surface area contributed by atoms with Gasteiger partial charge in [0.2, 0.25) is 0 Å². The van der Waals surface area contributed by atoms with Gasteiger partial charge in [-0.05, 0) is 65.1 Å². The summed E-state index contributed by atoms with van der Waals surface area (Å²) in [5.74, 6) is -0.943. The highest BCUT2D eigenvalue weighted by molar-refractivity contribution is 5.96. The number of hydrogen-bond donors (Lipinski definition) is 1. The van der Waals surface area contributed by atoms with Gasteiger partial charge in [-0.15, -0.1) is 0 Å². The van der Waals surface area contributed by atoms with Gasteiger partial charge >= 0.3 is 0 Å². The number of amides is 1. The molecule has 1 N–H and O–H groups in total. The van der Waals surface area contributed by atoms with Gasteiger partial charge in [-0.2, -0.15) is 5.10 Å². The summed E-state index contributed by atoms with van der Waals surface area (Å²) in [7, 11) is 0. The maximum Gasteiger partial charge on any atom is 0.255 e. The molecule has 1 aromatic carbocycles. The molecule has 1 fully saturated rings. The molecular weight excluding hydrogens is 374 g/mol. The van der Waals surface area contributed by atoms with Gasteiger partial charge in [-0.25, -0.2) is 13.5 Å². The summed E-state index contributed by atoms with van der Waals surface area (Å²) in [6.07, 6.45) is 2.42. The van der Waals surface area contributed by atoms with Gasteiger partial charge in [0.1, 0.15) is 11.5 Å². The molecule has 7 heteroatoms. The number of carbonyl (C=O) groups is 1. The lowest BCUT2D eigenvalue weighted by Gasteiger charge is -2.43. The molecule has 0 bridgehead atoms. The molecule has 29 heavy (non-hydrogen) atoms. The van der Waals surface area contributed by atoms with E-state index in [0.29, 0.717) is 29.4 Å². The number of carbonyl (C=O) groups excluding carboxylic acids is 1. The SMILES string of the molecule is Cc1nn(-c2ccc(F)cc2F)c(C)c1C(=O)NCC(C)(C)N1CCCC(C)C1. The predicted molar refractivity (Wildman–Crippen MR) is 109 cm³/mol. The van der Waals surface area contributed by atoms with Crippen molar-refractivity contribution in [3.8, 4) is 5.69 Å². The third-order valence-electron chi connectivity index (χ3n) is 5.85. The summed E-state index contributed by atoms with van der Waals surface area (Å²) in [4.78, 5) is 15.4. The van der Waals surface area contributed by atoms with Crippen molar-refractivity contribution < 1.29 is 13.6 Å². The largest absolute Gasteiger partial charge is 0.350 e. The van der Waals surface area contributed by atoms with Crippen molar-refractivity contribution in [2.45, 2.75) is 53.0 Å². The Kier molecular flexibility index (Phi) is 6.08. The molecule has 158 valence electrons. The molecule has 3 rings (SSSR count). The monoisotopic (exact) mass is 404 g/mol. The highest BCUT2D eigenvalue weighted by atomic mass is 19.1. The topological polar surface area (TPSA) is 50.2 Å². The number of likely N-dealkylation sites (tertiary alicyclic amines) is 1. The number of aromatic nitrogens is 2. The van der Waals surface area contributed by atoms with E-state index in [9.17, 15) is 13.6 Å². The number of hydrogen-bond acceptors (Lipinski definition) is 3. The second-order valence-electron chi connectivity index (χ2n) is 8.74. The standard InChI is InChI=1S/C22H30F2N4O/c1-14-7-6-10-27(12-14)22(4,5)13-25-21(29)20-15(2)26-28(16(20)3)19-9-8-17(23)11-18(19)24/h8-9,11,14H,6-7,10,12-13H2,1-5H3,(H,25,29). The average molecular weight is 405 g/mol. The Morgan fingerprint density at radius 2 is 2.03 bits per heavy atom. The van der Waals surface area contributed by atoms with Crippen LogP contribution in [-0.4, -0.2) is 45.8 Å². The maximum atomic E-state index is 14.2. The number of halogens is 2. The summed E-state index contributed by atoms with van der Waals surface area (Å²) < 4.78 is 28.8. The Morgan fingerprint density at radius 1 is 1.31 bits per heavy atom. The van der Waals surface area contributed by atoms with E-state index in [1.165, 1.54) is 29.7 Å². The van der Waals surface area contributed by atoms with Gasteiger partial charge in [0.25, 0.3) is 5.91 Å². The Hall–Kier alpha value is -2.28. The van der Waals surface area contributed by atoms with Crippen LogP contribution in [0, 0.1) is 31.4 Å². The van der Waals surface area contributed by atoms with Gasteiger partial charge in [0.15, 0.2) is 5.82 Å². The fourth-order valence-electron chi connectivity index (χ4n) is 4.09. The van der Waals surface area contributed by atoms with Crippen molar-refractivity contribution in [2.75, 3.05) is 19.6 Å². The van der Waals surface area contributed by atoms with Crippen molar-refractivity contribution in [1.29, 1.82) is 0 Å². The number of rotatable bonds is 5. The molecule has 1 aliphatic heterocycles. The van der Waals surface area contributed by atoms with Crippen LogP contribution >= 0.6 is 0 Å². The lowest BCUT2D eigenvalue weighted by atomic mass is 9.93. The molecule has 5 nitrogen and oxygen atoms in total. The van der Waals surface area contributed by atoms with Crippen molar-refractivity contribution in [3.05, 3.63) is 46.8 Å². The van der Waals surface area contributed by atoms with Gasteiger partial charge in [-0.3, -0.25) is 9.69 Å². The second kappa shape index (κ2) is 8.22. The highest BCUT2D eigenvalue weighted by Gasteiger charge is 2.31. The van der Waals surface area contributed by atoms with Crippen LogP contribution in [0.15, 0.2) is 18.2 Å². The number of benzene rings is 1. The molecule has 0 saturated carbocycles. The minimum atomic E-state index is -0.720. The van der Waals surface area contributed by atoms with Gasteiger partial charge in [-0.1, -0.05) is 6.92 Å². The van der Waals surface area contributed by atoms with E-state index < -0.39 is 11.6 Å². The Bertz CT molecular complexity index is 906. The summed E-state index contributed by atoms with van der Waals surface area (Å²) in [5.41, 5.74) is 1.42. The van der Waals surface area contributed by atoms with Gasteiger partial charge in [0.05, 0.1) is 17.0 Å². The molecular formula is C22H30F2N4O. The van der Waals surface area contributed by atoms with E-state index in [1.54, 1.807) is 13.8 Å². The van der Waals surface area contributed by atoms with Gasteiger partial charge < -0.3 is 5.32 Å². The lowest BCUT2D eigenvalue weighted by molar-refractivity contribution is 0.0657. The lowest BCUT2D eigenvalue weighted by Crippen LogP contribution is -2.54. The number of aryl methyl sites for hydroxylation is 1. The molecule has 2 aromatic rings. The van der Waals surface area contributed by atoms with Crippen LogP contribution in [0.1, 0.15) is 55.4 Å². The Labute approximate surface area is 171 Å². The van der Waals surface area contributed by atoms with Crippen molar-refractivity contribution in [1.82, 2.24) is 20.0 Å². The molecule has 0 spiro atoms. The Balaban J connectivity index is 1.77.